The first-order chi connectivity index (χ1) is 7.70. The summed E-state index contributed by atoms with van der Waals surface area (Å²) in [6.45, 7) is 8.24. The molecular formula is C13H21NOS. The lowest BCUT2D eigenvalue weighted by Crippen LogP contribution is -2.01. The smallest absolute Gasteiger partial charge is 0.151 e. The highest BCUT2D eigenvalue weighted by molar-refractivity contribution is 7.11. The zero-order valence-corrected chi connectivity index (χ0v) is 11.5. The van der Waals surface area contributed by atoms with Crippen molar-refractivity contribution in [3.05, 3.63) is 28.1 Å². The maximum atomic E-state index is 10.8. The summed E-state index contributed by atoms with van der Waals surface area (Å²) in [6, 6.07) is 1.86. The molecule has 0 unspecified atom stereocenters. The molecule has 1 aromatic rings. The first-order valence-electron chi connectivity index (χ1n) is 5.61. The maximum absolute atomic E-state index is 10.8. The van der Waals surface area contributed by atoms with Gasteiger partial charge in [0.25, 0.3) is 0 Å². The molecule has 0 amide bonds. The van der Waals surface area contributed by atoms with E-state index >= 15 is 0 Å². The summed E-state index contributed by atoms with van der Waals surface area (Å²) in [5, 5.41) is 4.97. The Balaban J connectivity index is 0.00000106. The first kappa shape index (κ1) is 14.9. The summed E-state index contributed by atoms with van der Waals surface area (Å²) in [7, 11) is 1.87. The van der Waals surface area contributed by atoms with Gasteiger partial charge in [-0.25, -0.2) is 0 Å². The van der Waals surface area contributed by atoms with Crippen molar-refractivity contribution in [2.45, 2.75) is 27.7 Å². The van der Waals surface area contributed by atoms with Crippen LogP contribution in [0.5, 0.6) is 0 Å². The average Bonchev–Trinajstić information content (AvgIpc) is 2.76. The Morgan fingerprint density at radius 3 is 2.50 bits per heavy atom. The summed E-state index contributed by atoms with van der Waals surface area (Å²) < 4.78 is 0. The molecule has 16 heavy (non-hydrogen) atoms. The third-order valence-corrected chi connectivity index (χ3v) is 2.99. The van der Waals surface area contributed by atoms with Crippen LogP contribution in [0.1, 0.15) is 42.9 Å². The standard InChI is InChI=1S/C11H15NOS.C2H6/c1-8(2)10(6-12-3)11-9(7-13)4-5-14-11;1-2/h4-8,12H,1-3H3;1-2H3/b10-6-;. The number of carbonyl (C=O) groups excluding carboxylic acids is 1. The molecule has 0 aliphatic heterocycles. The largest absolute Gasteiger partial charge is 0.394 e. The van der Waals surface area contributed by atoms with Crippen molar-refractivity contribution < 1.29 is 4.79 Å². The van der Waals surface area contributed by atoms with Gasteiger partial charge < -0.3 is 5.32 Å². The number of allylic oxidation sites excluding steroid dienone is 1. The molecule has 0 aliphatic rings. The topological polar surface area (TPSA) is 29.1 Å². The van der Waals surface area contributed by atoms with E-state index in [2.05, 4.69) is 19.2 Å². The molecule has 1 rings (SSSR count). The first-order valence-corrected chi connectivity index (χ1v) is 6.49. The van der Waals surface area contributed by atoms with Gasteiger partial charge in [-0.3, -0.25) is 4.79 Å². The van der Waals surface area contributed by atoms with Gasteiger partial charge in [0, 0.05) is 23.7 Å². The van der Waals surface area contributed by atoms with Gasteiger partial charge in [0.05, 0.1) is 0 Å². The number of hydrogen-bond acceptors (Lipinski definition) is 3. The molecule has 0 saturated carbocycles. The fraction of sp³-hybridized carbons (Fsp3) is 0.462. The van der Waals surface area contributed by atoms with Crippen LogP contribution in [0.2, 0.25) is 0 Å². The van der Waals surface area contributed by atoms with Gasteiger partial charge in [-0.15, -0.1) is 11.3 Å². The summed E-state index contributed by atoms with van der Waals surface area (Å²) in [6.07, 6.45) is 2.88. The molecule has 0 aliphatic carbocycles. The van der Waals surface area contributed by atoms with Crippen LogP contribution in [0.4, 0.5) is 0 Å². The number of nitrogens with one attached hydrogen (secondary N) is 1. The van der Waals surface area contributed by atoms with Crippen LogP contribution in [-0.4, -0.2) is 13.3 Å². The van der Waals surface area contributed by atoms with E-state index in [4.69, 9.17) is 0 Å². The molecule has 0 atom stereocenters. The molecular weight excluding hydrogens is 218 g/mol. The molecule has 1 heterocycles. The number of thiophene rings is 1. The van der Waals surface area contributed by atoms with Crippen molar-refractivity contribution in [3.63, 3.8) is 0 Å². The maximum Gasteiger partial charge on any atom is 0.151 e. The molecule has 1 N–H and O–H groups in total. The van der Waals surface area contributed by atoms with Crippen LogP contribution in [0, 0.1) is 5.92 Å². The quantitative estimate of drug-likeness (QED) is 0.810. The lowest BCUT2D eigenvalue weighted by atomic mass is 10.0. The predicted octanol–water partition coefficient (Wildman–Crippen LogP) is 3.80. The van der Waals surface area contributed by atoms with Gasteiger partial charge in [0.1, 0.15) is 0 Å². The summed E-state index contributed by atoms with van der Waals surface area (Å²) in [4.78, 5) is 11.9. The van der Waals surface area contributed by atoms with Gasteiger partial charge in [-0.05, 0) is 22.9 Å². The Bertz CT molecular complexity index is 339. The average molecular weight is 239 g/mol. The van der Waals surface area contributed by atoms with Crippen molar-refractivity contribution in [3.8, 4) is 0 Å². The van der Waals surface area contributed by atoms with E-state index in [-0.39, 0.29) is 0 Å². The fourth-order valence-corrected chi connectivity index (χ4v) is 2.33. The molecule has 3 heteroatoms. The Labute approximate surface area is 102 Å². The molecule has 0 aromatic carbocycles. The number of carbonyl (C=O) groups is 1. The number of hydrogen-bond donors (Lipinski definition) is 1. The van der Waals surface area contributed by atoms with Crippen molar-refractivity contribution in [2.24, 2.45) is 5.92 Å². The van der Waals surface area contributed by atoms with Crippen molar-refractivity contribution in [2.75, 3.05) is 7.05 Å². The normalized spacial score (nSPS) is 10.8. The van der Waals surface area contributed by atoms with Crippen LogP contribution in [0.25, 0.3) is 5.57 Å². The van der Waals surface area contributed by atoms with Crippen LogP contribution in [0.15, 0.2) is 17.6 Å². The van der Waals surface area contributed by atoms with E-state index in [1.807, 2.05) is 38.5 Å². The molecule has 0 bridgehead atoms. The zero-order valence-electron chi connectivity index (χ0n) is 10.7. The Morgan fingerprint density at radius 1 is 1.44 bits per heavy atom. The third-order valence-electron chi connectivity index (χ3n) is 2.01. The van der Waals surface area contributed by atoms with E-state index in [0.29, 0.717) is 5.92 Å². The Kier molecular flexibility index (Phi) is 7.56. The van der Waals surface area contributed by atoms with Crippen LogP contribution in [-0.2, 0) is 0 Å². The van der Waals surface area contributed by atoms with Crippen LogP contribution < -0.4 is 5.32 Å². The SMILES string of the molecule is CC.CN/C=C(\c1sccc1C=O)C(C)C. The molecule has 90 valence electrons. The molecule has 1 aromatic heterocycles. The monoisotopic (exact) mass is 239 g/mol. The van der Waals surface area contributed by atoms with Gasteiger partial charge in [-0.1, -0.05) is 27.7 Å². The van der Waals surface area contributed by atoms with Gasteiger partial charge in [-0.2, -0.15) is 0 Å². The summed E-state index contributed by atoms with van der Waals surface area (Å²) >= 11 is 1.61. The predicted molar refractivity (Wildman–Crippen MR) is 72.9 cm³/mol. The highest BCUT2D eigenvalue weighted by atomic mass is 32.1. The Morgan fingerprint density at radius 2 is 2.06 bits per heavy atom. The van der Waals surface area contributed by atoms with Crippen molar-refractivity contribution in [1.29, 1.82) is 0 Å². The summed E-state index contributed by atoms with van der Waals surface area (Å²) in [5.41, 5.74) is 1.97. The highest BCUT2D eigenvalue weighted by Crippen LogP contribution is 2.29. The van der Waals surface area contributed by atoms with Crippen molar-refractivity contribution >= 4 is 23.2 Å². The molecule has 0 radical (unpaired) electrons. The van der Waals surface area contributed by atoms with Gasteiger partial charge in [0.15, 0.2) is 6.29 Å². The van der Waals surface area contributed by atoms with Crippen LogP contribution >= 0.6 is 11.3 Å². The van der Waals surface area contributed by atoms with E-state index in [1.165, 1.54) is 5.57 Å². The lowest BCUT2D eigenvalue weighted by Gasteiger charge is -2.10. The zero-order chi connectivity index (χ0) is 12.6. The minimum atomic E-state index is 0.416. The minimum Gasteiger partial charge on any atom is -0.394 e. The molecule has 0 fully saturated rings. The third kappa shape index (κ3) is 3.81. The van der Waals surface area contributed by atoms with Gasteiger partial charge >= 0.3 is 0 Å². The molecule has 2 nitrogen and oxygen atoms in total. The van der Waals surface area contributed by atoms with E-state index in [0.717, 1.165) is 16.7 Å². The van der Waals surface area contributed by atoms with E-state index in [9.17, 15) is 4.79 Å². The molecule has 0 spiro atoms. The van der Waals surface area contributed by atoms with Crippen LogP contribution in [0.3, 0.4) is 0 Å². The number of aldehydes is 1. The summed E-state index contributed by atoms with van der Waals surface area (Å²) in [5.74, 6) is 0.416. The van der Waals surface area contributed by atoms with Gasteiger partial charge in [0.2, 0.25) is 0 Å². The minimum absolute atomic E-state index is 0.416. The number of rotatable bonds is 4. The van der Waals surface area contributed by atoms with Crippen molar-refractivity contribution in [1.82, 2.24) is 5.32 Å². The second-order valence-electron chi connectivity index (χ2n) is 3.37. The van der Waals surface area contributed by atoms with E-state index < -0.39 is 0 Å². The second kappa shape index (κ2) is 8.11. The Hall–Kier alpha value is -1.09. The highest BCUT2D eigenvalue weighted by Gasteiger charge is 2.11. The second-order valence-corrected chi connectivity index (χ2v) is 4.28. The van der Waals surface area contributed by atoms with E-state index in [1.54, 1.807) is 11.3 Å². The fourth-order valence-electron chi connectivity index (χ4n) is 1.30. The lowest BCUT2D eigenvalue weighted by molar-refractivity contribution is 0.112. The molecule has 0 saturated heterocycles.